The zero-order chi connectivity index (χ0) is 53.6. The zero-order valence-corrected chi connectivity index (χ0v) is 44.4. The summed E-state index contributed by atoms with van der Waals surface area (Å²) in [6, 6.07) is 0. The fourth-order valence-electron chi connectivity index (χ4n) is 11.6. The molecule has 0 aromatic carbocycles. The number of allylic oxidation sites excluding steroid dienone is 4. The Labute approximate surface area is 426 Å². The first-order valence-electron chi connectivity index (χ1n) is 26.4. The molecule has 8 N–H and O–H groups in total. The van der Waals surface area contributed by atoms with Gasteiger partial charge in [-0.25, -0.2) is 9.59 Å². The normalized spacial score (nSPS) is 46.1. The van der Waals surface area contributed by atoms with Crippen molar-refractivity contribution < 1.29 is 88.3 Å². The van der Waals surface area contributed by atoms with Crippen LogP contribution in [0.25, 0.3) is 0 Å². The number of hydrogen-bond acceptors (Lipinski definition) is 18. The highest BCUT2D eigenvalue weighted by molar-refractivity contribution is 5.83. The average Bonchev–Trinajstić information content (AvgIpc) is 3.31. The van der Waals surface area contributed by atoms with E-state index in [9.17, 15) is 50.4 Å². The van der Waals surface area contributed by atoms with Crippen molar-refractivity contribution in [2.24, 2.45) is 47.3 Å². The third-order valence-corrected chi connectivity index (χ3v) is 16.5. The van der Waals surface area contributed by atoms with Crippen molar-refractivity contribution in [2.75, 3.05) is 0 Å². The lowest BCUT2D eigenvalue weighted by Crippen LogP contribution is -2.59. The smallest absolute Gasteiger partial charge is 0.331 e. The van der Waals surface area contributed by atoms with E-state index in [2.05, 4.69) is 0 Å². The van der Waals surface area contributed by atoms with E-state index in [1.165, 1.54) is 24.3 Å². The predicted molar refractivity (Wildman–Crippen MR) is 263 cm³/mol. The van der Waals surface area contributed by atoms with Crippen molar-refractivity contribution in [1.29, 1.82) is 0 Å². The summed E-state index contributed by atoms with van der Waals surface area (Å²) in [6.45, 7) is 21.3. The summed E-state index contributed by atoms with van der Waals surface area (Å²) in [7, 11) is 0. The Morgan fingerprint density at radius 2 is 0.931 bits per heavy atom. The molecule has 0 spiro atoms. The molecule has 0 radical (unpaired) electrons. The minimum absolute atomic E-state index is 0.0264. The fraction of sp³-hybridized carbons (Fsp3) is 0.815. The number of carbonyl (C=O) groups excluding carboxylic acids is 2. The van der Waals surface area contributed by atoms with Crippen molar-refractivity contribution in [2.45, 2.75) is 231 Å². The first kappa shape index (κ1) is 60.2. The summed E-state index contributed by atoms with van der Waals surface area (Å²) in [4.78, 5) is 27.0. The van der Waals surface area contributed by atoms with Gasteiger partial charge in [0.1, 0.15) is 24.4 Å². The van der Waals surface area contributed by atoms with Crippen molar-refractivity contribution >= 4 is 11.9 Å². The highest BCUT2D eigenvalue weighted by atomic mass is 16.7. The second-order valence-electron chi connectivity index (χ2n) is 21.7. The van der Waals surface area contributed by atoms with Gasteiger partial charge >= 0.3 is 11.9 Å². The quantitative estimate of drug-likeness (QED) is 0.114. The van der Waals surface area contributed by atoms with E-state index >= 15 is 0 Å². The maximum Gasteiger partial charge on any atom is 0.331 e. The van der Waals surface area contributed by atoms with Gasteiger partial charge in [0.25, 0.3) is 0 Å². The Balaban J connectivity index is 1.28. The molecule has 0 aromatic heterocycles. The van der Waals surface area contributed by atoms with Gasteiger partial charge in [-0.15, -0.1) is 0 Å². The molecule has 5 rings (SSSR count). The Kier molecular flexibility index (Phi) is 21.7. The second kappa shape index (κ2) is 25.9. The Morgan fingerprint density at radius 3 is 1.25 bits per heavy atom. The molecule has 0 aliphatic carbocycles. The third kappa shape index (κ3) is 14.4. The van der Waals surface area contributed by atoms with E-state index in [0.29, 0.717) is 12.8 Å². The molecule has 0 amide bonds. The lowest BCUT2D eigenvalue weighted by molar-refractivity contribution is -0.345. The summed E-state index contributed by atoms with van der Waals surface area (Å²) >= 11 is 0. The summed E-state index contributed by atoms with van der Waals surface area (Å²) in [5.41, 5.74) is 0. The summed E-state index contributed by atoms with van der Waals surface area (Å²) in [6.07, 6.45) is -0.317. The molecule has 0 bridgehead atoms. The molecule has 4 fully saturated rings. The van der Waals surface area contributed by atoms with Gasteiger partial charge in [-0.1, -0.05) is 91.8 Å². The van der Waals surface area contributed by atoms with Gasteiger partial charge in [0.05, 0.1) is 61.0 Å². The van der Waals surface area contributed by atoms with Crippen LogP contribution in [0.5, 0.6) is 0 Å². The highest BCUT2D eigenvalue weighted by Gasteiger charge is 2.54. The van der Waals surface area contributed by atoms with Gasteiger partial charge in [-0.2, -0.15) is 0 Å². The van der Waals surface area contributed by atoms with Crippen LogP contribution < -0.4 is 0 Å². The Morgan fingerprint density at radius 1 is 0.583 bits per heavy atom. The largest absolute Gasteiger partial charge is 0.458 e. The molecular weight excluding hydrogens is 937 g/mol. The third-order valence-electron chi connectivity index (χ3n) is 16.5. The zero-order valence-electron chi connectivity index (χ0n) is 44.4. The monoisotopic (exact) mass is 1020 g/mol. The van der Waals surface area contributed by atoms with Gasteiger partial charge < -0.3 is 78.7 Å². The molecule has 18 nitrogen and oxygen atoms in total. The number of aliphatic hydroxyl groups excluding tert-OH is 6. The minimum atomic E-state index is -1.88. The van der Waals surface area contributed by atoms with Crippen LogP contribution in [0.15, 0.2) is 48.6 Å². The lowest BCUT2D eigenvalue weighted by Gasteiger charge is -2.50. The van der Waals surface area contributed by atoms with Crippen LogP contribution in [-0.4, -0.2) is 162 Å². The van der Waals surface area contributed by atoms with E-state index in [1.54, 1.807) is 79.7 Å². The van der Waals surface area contributed by atoms with Gasteiger partial charge in [0.15, 0.2) is 24.2 Å². The molecule has 0 saturated carbocycles. The summed E-state index contributed by atoms with van der Waals surface area (Å²) in [5, 5.41) is 89.6. The van der Waals surface area contributed by atoms with E-state index in [4.69, 9.17) is 37.9 Å². The van der Waals surface area contributed by atoms with Crippen LogP contribution in [0.3, 0.4) is 0 Å². The molecule has 5 aliphatic rings. The molecule has 26 unspecified atom stereocenters. The van der Waals surface area contributed by atoms with Crippen LogP contribution in [-0.2, 0) is 47.5 Å². The number of aliphatic hydroxyl groups is 8. The maximum atomic E-state index is 13.5. The minimum Gasteiger partial charge on any atom is -0.458 e. The van der Waals surface area contributed by atoms with Gasteiger partial charge in [0.2, 0.25) is 0 Å². The number of esters is 2. The van der Waals surface area contributed by atoms with Crippen LogP contribution >= 0.6 is 0 Å². The molecule has 5 aliphatic heterocycles. The number of hydrogen-bond donors (Lipinski definition) is 8. The molecule has 412 valence electrons. The number of carbonyl (C=O) groups is 2. The van der Waals surface area contributed by atoms with Crippen molar-refractivity contribution in [1.82, 2.24) is 0 Å². The summed E-state index contributed by atoms with van der Waals surface area (Å²) < 4.78 is 49.1. The molecule has 26 atom stereocenters. The maximum absolute atomic E-state index is 13.5. The fourth-order valence-corrected chi connectivity index (χ4v) is 11.6. The van der Waals surface area contributed by atoms with Crippen LogP contribution in [0.1, 0.15) is 122 Å². The van der Waals surface area contributed by atoms with Crippen LogP contribution in [0, 0.1) is 47.3 Å². The molecule has 18 heteroatoms. The molecular formula is C54H88O18. The predicted octanol–water partition coefficient (Wildman–Crippen LogP) is 4.12. The first-order chi connectivity index (χ1) is 33.7. The van der Waals surface area contributed by atoms with Crippen LogP contribution in [0.2, 0.25) is 0 Å². The Bertz CT molecular complexity index is 1710. The standard InChI is InChI=1S/C54H88O18/c1-13-37-33(9)71-53(63,25-41(37)67-45-23-39(55)49(61)35(11)65-45)31(7)47(59)29(5)51-27(3)19-15-17-22-44(58)70-52(28(4)20-16-18-21-43(57)69-51)30(6)48(60)32(8)54(64)26-42(38(14-2)34(10)72-54)68-46-24-40(56)50(62)36(12)66-46/h15-22,27-42,45-52,55-56,59-64H,13-14,23-26H2,1-12H3/b19-15+,20-16+,21-18+,22-17+. The highest BCUT2D eigenvalue weighted by Crippen LogP contribution is 2.45. The first-order valence-corrected chi connectivity index (χ1v) is 26.4. The van der Waals surface area contributed by atoms with E-state index < -0.39 is 157 Å². The van der Waals surface area contributed by atoms with Gasteiger partial charge in [-0.3, -0.25) is 0 Å². The number of cyclic esters (lactones) is 2. The van der Waals surface area contributed by atoms with Crippen molar-refractivity contribution in [3.63, 3.8) is 0 Å². The number of rotatable bonds is 14. The van der Waals surface area contributed by atoms with Gasteiger partial charge in [-0.05, 0) is 40.5 Å². The SMILES string of the molecule is CCC1C(C)OC(O)(C(C)C(O)C(C)C2OC(=O)/C=C/C=C/C(C)C(C(C)C(O)C(C)C3(O)CC(OC4CC(O)C(O)C(C)O4)C(CC)C(C)O3)OC(=O)/C=C/C=C/C2C)CC1OC1CC(O)C(O)C(C)O1. The van der Waals surface area contributed by atoms with Gasteiger partial charge in [0, 0.05) is 85.2 Å². The van der Waals surface area contributed by atoms with E-state index in [0.717, 1.165) is 0 Å². The lowest BCUT2D eigenvalue weighted by atomic mass is 9.76. The molecule has 4 saturated heterocycles. The topological polar surface area (TPSA) is 270 Å². The van der Waals surface area contributed by atoms with Crippen LogP contribution in [0.4, 0.5) is 0 Å². The van der Waals surface area contributed by atoms with E-state index in [-0.39, 0.29) is 37.5 Å². The van der Waals surface area contributed by atoms with E-state index in [1.807, 2.05) is 27.7 Å². The number of ether oxygens (including phenoxy) is 8. The van der Waals surface area contributed by atoms with Crippen molar-refractivity contribution in [3.8, 4) is 0 Å². The average molecular weight is 1030 g/mol. The summed E-state index contributed by atoms with van der Waals surface area (Å²) in [5.74, 6) is -9.84. The molecule has 72 heavy (non-hydrogen) atoms. The second-order valence-corrected chi connectivity index (χ2v) is 21.7. The molecule has 5 heterocycles. The van der Waals surface area contributed by atoms with Crippen molar-refractivity contribution in [3.05, 3.63) is 48.6 Å². The Hall–Kier alpha value is -2.66. The molecule has 0 aromatic rings.